The van der Waals surface area contributed by atoms with Crippen LogP contribution in [0.5, 0.6) is 0 Å². The van der Waals surface area contributed by atoms with E-state index in [0.717, 1.165) is 24.5 Å². The molecule has 25 heavy (non-hydrogen) atoms. The van der Waals surface area contributed by atoms with Crippen molar-refractivity contribution < 1.29 is 13.9 Å². The quantitative estimate of drug-likeness (QED) is 0.910. The number of aromatic nitrogens is 3. The number of piperazine rings is 1. The van der Waals surface area contributed by atoms with Gasteiger partial charge in [-0.2, -0.15) is 5.10 Å². The highest BCUT2D eigenvalue weighted by molar-refractivity contribution is 5.95. The van der Waals surface area contributed by atoms with E-state index in [4.69, 9.17) is 4.74 Å². The number of H-pyrrole nitrogens is 1. The van der Waals surface area contributed by atoms with Crippen molar-refractivity contribution in [1.29, 1.82) is 0 Å². The zero-order chi connectivity index (χ0) is 17.2. The van der Waals surface area contributed by atoms with Crippen LogP contribution in [-0.4, -0.2) is 65.4 Å². The highest BCUT2D eigenvalue weighted by Crippen LogP contribution is 2.27. The summed E-state index contributed by atoms with van der Waals surface area (Å²) in [5.74, 6) is 0.607. The topological polar surface area (TPSA) is 74.4 Å². The minimum atomic E-state index is -0.346. The van der Waals surface area contributed by atoms with Crippen LogP contribution in [0.25, 0.3) is 0 Å². The Hall–Kier alpha value is -2.48. The molecular weight excluding hydrogens is 325 g/mol. The summed E-state index contributed by atoms with van der Waals surface area (Å²) in [6, 6.07) is 3.07. The first-order valence-corrected chi connectivity index (χ1v) is 8.49. The Labute approximate surface area is 144 Å². The van der Waals surface area contributed by atoms with E-state index in [-0.39, 0.29) is 17.6 Å². The van der Waals surface area contributed by atoms with E-state index in [0.29, 0.717) is 38.3 Å². The second kappa shape index (κ2) is 6.79. The van der Waals surface area contributed by atoms with Gasteiger partial charge in [-0.15, -0.1) is 0 Å². The maximum absolute atomic E-state index is 13.0. The lowest BCUT2D eigenvalue weighted by molar-refractivity contribution is 0.0745. The number of anilines is 1. The number of halogens is 1. The number of rotatable bonds is 3. The Morgan fingerprint density at radius 2 is 2.08 bits per heavy atom. The second-order valence-electron chi connectivity index (χ2n) is 6.37. The summed E-state index contributed by atoms with van der Waals surface area (Å²) in [6.45, 7) is 3.90. The van der Waals surface area contributed by atoms with Gasteiger partial charge in [-0.05, 0) is 18.6 Å². The first-order valence-electron chi connectivity index (χ1n) is 8.49. The van der Waals surface area contributed by atoms with E-state index >= 15 is 0 Å². The molecule has 2 aromatic rings. The second-order valence-corrected chi connectivity index (χ2v) is 6.37. The Balaban J connectivity index is 1.41. The molecule has 2 fully saturated rings. The summed E-state index contributed by atoms with van der Waals surface area (Å²) in [7, 11) is 0. The van der Waals surface area contributed by atoms with Crippen LogP contribution in [0.4, 0.5) is 10.2 Å². The molecule has 4 heterocycles. The molecule has 0 saturated carbocycles. The third-order valence-corrected chi connectivity index (χ3v) is 4.84. The van der Waals surface area contributed by atoms with Crippen molar-refractivity contribution in [2.75, 3.05) is 44.3 Å². The molecule has 1 amide bonds. The molecule has 2 aliphatic rings. The lowest BCUT2D eigenvalue weighted by Gasteiger charge is -2.35. The van der Waals surface area contributed by atoms with E-state index < -0.39 is 0 Å². The van der Waals surface area contributed by atoms with Crippen LogP contribution < -0.4 is 4.90 Å². The number of hydrogen-bond donors (Lipinski definition) is 1. The number of hydrogen-bond acceptors (Lipinski definition) is 5. The van der Waals surface area contributed by atoms with Gasteiger partial charge in [-0.25, -0.2) is 9.37 Å². The van der Waals surface area contributed by atoms with E-state index in [1.807, 2.05) is 4.90 Å². The molecule has 0 aromatic carbocycles. The standard InChI is InChI=1S/C17H20FN5O2/c18-13-1-2-15(19-9-13)22-4-6-23(7-5-22)17(24)14-10-20-21-16(14)12-3-8-25-11-12/h1-2,9-10,12H,3-8,11H2,(H,20,21). The smallest absolute Gasteiger partial charge is 0.257 e. The number of ether oxygens (including phenoxy) is 1. The van der Waals surface area contributed by atoms with Crippen LogP contribution in [-0.2, 0) is 4.74 Å². The van der Waals surface area contributed by atoms with Gasteiger partial charge >= 0.3 is 0 Å². The van der Waals surface area contributed by atoms with Gasteiger partial charge in [0.05, 0.1) is 30.3 Å². The van der Waals surface area contributed by atoms with E-state index in [9.17, 15) is 9.18 Å². The molecule has 4 rings (SSSR count). The predicted molar refractivity (Wildman–Crippen MR) is 89.1 cm³/mol. The van der Waals surface area contributed by atoms with E-state index in [1.54, 1.807) is 12.3 Å². The molecule has 0 spiro atoms. The average Bonchev–Trinajstić information content (AvgIpc) is 3.33. The zero-order valence-corrected chi connectivity index (χ0v) is 13.8. The normalized spacial score (nSPS) is 20.9. The molecule has 8 heteroatoms. The Bertz CT molecular complexity index is 734. The summed E-state index contributed by atoms with van der Waals surface area (Å²) in [5, 5.41) is 7.04. The van der Waals surface area contributed by atoms with Gasteiger partial charge in [-0.1, -0.05) is 0 Å². The van der Waals surface area contributed by atoms with Crippen LogP contribution in [0.3, 0.4) is 0 Å². The molecule has 1 atom stereocenters. The van der Waals surface area contributed by atoms with Crippen LogP contribution >= 0.6 is 0 Å². The number of nitrogens with zero attached hydrogens (tertiary/aromatic N) is 4. The summed E-state index contributed by atoms with van der Waals surface area (Å²) in [4.78, 5) is 20.9. The fourth-order valence-corrected chi connectivity index (χ4v) is 3.40. The van der Waals surface area contributed by atoms with Crippen molar-refractivity contribution in [2.45, 2.75) is 12.3 Å². The number of aromatic amines is 1. The number of carbonyl (C=O) groups is 1. The van der Waals surface area contributed by atoms with Crippen molar-refractivity contribution in [1.82, 2.24) is 20.1 Å². The minimum Gasteiger partial charge on any atom is -0.381 e. The molecule has 0 aliphatic carbocycles. The molecule has 0 bridgehead atoms. The molecule has 0 radical (unpaired) electrons. The first kappa shape index (κ1) is 16.0. The van der Waals surface area contributed by atoms with Crippen LogP contribution in [0.2, 0.25) is 0 Å². The maximum Gasteiger partial charge on any atom is 0.257 e. The van der Waals surface area contributed by atoms with Crippen LogP contribution in [0.15, 0.2) is 24.5 Å². The fraction of sp³-hybridized carbons (Fsp3) is 0.471. The van der Waals surface area contributed by atoms with Crippen molar-refractivity contribution >= 4 is 11.7 Å². The molecule has 1 unspecified atom stereocenters. The van der Waals surface area contributed by atoms with Crippen molar-refractivity contribution in [3.05, 3.63) is 41.6 Å². The van der Waals surface area contributed by atoms with Gasteiger partial charge in [0, 0.05) is 38.7 Å². The van der Waals surface area contributed by atoms with Gasteiger partial charge < -0.3 is 14.5 Å². The van der Waals surface area contributed by atoms with E-state index in [1.165, 1.54) is 12.3 Å². The minimum absolute atomic E-state index is 0.00219. The SMILES string of the molecule is O=C(c1cn[nH]c1C1CCOC1)N1CCN(c2ccc(F)cn2)CC1. The van der Waals surface area contributed by atoms with Crippen molar-refractivity contribution in [3.8, 4) is 0 Å². The predicted octanol–water partition coefficient (Wildman–Crippen LogP) is 1.41. The third kappa shape index (κ3) is 3.21. The Morgan fingerprint density at radius 1 is 1.24 bits per heavy atom. The Morgan fingerprint density at radius 3 is 2.76 bits per heavy atom. The molecule has 7 nitrogen and oxygen atoms in total. The van der Waals surface area contributed by atoms with Gasteiger partial charge in [-0.3, -0.25) is 9.89 Å². The molecular formula is C17H20FN5O2. The van der Waals surface area contributed by atoms with Gasteiger partial charge in [0.25, 0.3) is 5.91 Å². The zero-order valence-electron chi connectivity index (χ0n) is 13.8. The van der Waals surface area contributed by atoms with Crippen LogP contribution in [0.1, 0.15) is 28.4 Å². The number of amides is 1. The lowest BCUT2D eigenvalue weighted by atomic mass is 10.0. The maximum atomic E-state index is 13.0. The van der Waals surface area contributed by atoms with Gasteiger partial charge in [0.15, 0.2) is 0 Å². The highest BCUT2D eigenvalue weighted by atomic mass is 19.1. The van der Waals surface area contributed by atoms with Crippen molar-refractivity contribution in [3.63, 3.8) is 0 Å². The molecule has 1 N–H and O–H groups in total. The third-order valence-electron chi connectivity index (χ3n) is 4.84. The molecule has 132 valence electrons. The first-order chi connectivity index (χ1) is 12.2. The molecule has 2 aliphatic heterocycles. The summed E-state index contributed by atoms with van der Waals surface area (Å²) < 4.78 is 18.4. The summed E-state index contributed by atoms with van der Waals surface area (Å²) in [5.41, 5.74) is 1.52. The van der Waals surface area contributed by atoms with Crippen LogP contribution in [0, 0.1) is 5.82 Å². The lowest BCUT2D eigenvalue weighted by Crippen LogP contribution is -2.49. The monoisotopic (exact) mass is 345 g/mol. The average molecular weight is 345 g/mol. The largest absolute Gasteiger partial charge is 0.381 e. The molecule has 2 aromatic heterocycles. The Kier molecular flexibility index (Phi) is 4.35. The summed E-state index contributed by atoms with van der Waals surface area (Å²) >= 11 is 0. The van der Waals surface area contributed by atoms with E-state index in [2.05, 4.69) is 20.1 Å². The van der Waals surface area contributed by atoms with Gasteiger partial charge in [0.2, 0.25) is 0 Å². The van der Waals surface area contributed by atoms with Gasteiger partial charge in [0.1, 0.15) is 11.6 Å². The number of carbonyl (C=O) groups excluding carboxylic acids is 1. The van der Waals surface area contributed by atoms with Crippen molar-refractivity contribution in [2.24, 2.45) is 0 Å². The fourth-order valence-electron chi connectivity index (χ4n) is 3.40. The molecule has 2 saturated heterocycles. The highest BCUT2D eigenvalue weighted by Gasteiger charge is 2.29. The number of pyridine rings is 1. The summed E-state index contributed by atoms with van der Waals surface area (Å²) in [6.07, 6.45) is 3.74. The number of nitrogens with one attached hydrogen (secondary N) is 1.